The summed E-state index contributed by atoms with van der Waals surface area (Å²) in [5.74, 6) is 1.96. The number of hydrogen-bond donors (Lipinski definition) is 0. The molecule has 5 nitrogen and oxygen atoms in total. The maximum atomic E-state index is 12.7. The smallest absolute Gasteiger partial charge is 0.226 e. The lowest BCUT2D eigenvalue weighted by atomic mass is 9.93. The van der Waals surface area contributed by atoms with Crippen molar-refractivity contribution in [3.05, 3.63) is 101 Å². The number of ether oxygens (including phenoxy) is 2. The van der Waals surface area contributed by atoms with Gasteiger partial charge in [-0.3, -0.25) is 4.79 Å². The average molecular weight is 472 g/mol. The fourth-order valence-corrected chi connectivity index (χ4v) is 3.55. The van der Waals surface area contributed by atoms with Gasteiger partial charge in [-0.1, -0.05) is 70.2 Å². The van der Waals surface area contributed by atoms with E-state index in [0.29, 0.717) is 29.7 Å². The van der Waals surface area contributed by atoms with Gasteiger partial charge in [-0.05, 0) is 36.8 Å². The van der Waals surface area contributed by atoms with Gasteiger partial charge in [0.1, 0.15) is 36.7 Å². The lowest BCUT2D eigenvalue weighted by molar-refractivity contribution is 0.0936. The van der Waals surface area contributed by atoms with Crippen molar-refractivity contribution in [3.8, 4) is 23.0 Å². The van der Waals surface area contributed by atoms with Crippen molar-refractivity contribution in [1.29, 1.82) is 0 Å². The van der Waals surface area contributed by atoms with Crippen molar-refractivity contribution in [1.82, 2.24) is 4.98 Å². The van der Waals surface area contributed by atoms with Gasteiger partial charge in [0.2, 0.25) is 5.89 Å². The normalized spacial score (nSPS) is 10.5. The van der Waals surface area contributed by atoms with Crippen LogP contribution in [-0.2, 0) is 13.2 Å². The molecular weight excluding hydrogens is 438 g/mol. The molecule has 1 heterocycles. The third-order valence-electron chi connectivity index (χ3n) is 5.29. The summed E-state index contributed by atoms with van der Waals surface area (Å²) in [6.07, 6.45) is 1.60. The molecular formula is C30H33NO4. The van der Waals surface area contributed by atoms with E-state index >= 15 is 0 Å². The lowest BCUT2D eigenvalue weighted by Crippen LogP contribution is -2.13. The predicted molar refractivity (Wildman–Crippen MR) is 139 cm³/mol. The number of ketones is 1. The molecule has 0 saturated carbocycles. The Morgan fingerprint density at radius 3 is 2.23 bits per heavy atom. The highest BCUT2D eigenvalue weighted by molar-refractivity contribution is 6.00. The molecule has 0 N–H and O–H groups in total. The molecule has 4 rings (SSSR count). The van der Waals surface area contributed by atoms with Crippen LogP contribution >= 0.6 is 0 Å². The van der Waals surface area contributed by atoms with E-state index in [1.807, 2.05) is 107 Å². The number of aromatic nitrogens is 1. The van der Waals surface area contributed by atoms with Gasteiger partial charge in [0.25, 0.3) is 0 Å². The molecule has 4 aromatic rings. The average Bonchev–Trinajstić information content (AvgIpc) is 3.37. The molecule has 1 aromatic heterocycles. The summed E-state index contributed by atoms with van der Waals surface area (Å²) in [6.45, 7) is 10.4. The molecule has 0 aliphatic carbocycles. The van der Waals surface area contributed by atoms with Crippen molar-refractivity contribution in [2.24, 2.45) is 5.92 Å². The first kappa shape index (κ1) is 25.8. The molecule has 0 unspecified atom stereocenters. The van der Waals surface area contributed by atoms with E-state index in [9.17, 15) is 4.79 Å². The first-order valence-electron chi connectivity index (χ1n) is 12.0. The molecule has 0 radical (unpaired) electrons. The van der Waals surface area contributed by atoms with Gasteiger partial charge in [-0.15, -0.1) is 0 Å². The molecule has 0 amide bonds. The Balaban J connectivity index is 0.00000167. The van der Waals surface area contributed by atoms with E-state index in [0.717, 1.165) is 22.3 Å². The SMILES string of the molecule is CC.Cc1cccc(COc2cccc(OCc3coc(-c4ccccc4)n3)c2)c1C(=O)C(C)C. The summed E-state index contributed by atoms with van der Waals surface area (Å²) >= 11 is 0. The highest BCUT2D eigenvalue weighted by Crippen LogP contribution is 2.25. The van der Waals surface area contributed by atoms with Crippen molar-refractivity contribution in [3.63, 3.8) is 0 Å². The number of hydrogen-bond acceptors (Lipinski definition) is 5. The number of carbonyl (C=O) groups excluding carboxylic acids is 1. The molecule has 0 fully saturated rings. The Morgan fingerprint density at radius 2 is 1.54 bits per heavy atom. The largest absolute Gasteiger partial charge is 0.489 e. The number of Topliss-reactive ketones (excluding diaryl/α,β-unsaturated/α-hetero) is 1. The standard InChI is InChI=1S/C28H27NO4.C2H6/c1-19(2)27(30)26-20(3)9-7-12-22(26)16-31-24-13-8-14-25(15-24)32-17-23-18-33-28(29-23)21-10-5-4-6-11-21;1-2/h4-15,18-19H,16-17H2,1-3H3;1-2H3. The maximum Gasteiger partial charge on any atom is 0.226 e. The molecule has 35 heavy (non-hydrogen) atoms. The van der Waals surface area contributed by atoms with Gasteiger partial charge < -0.3 is 13.9 Å². The minimum Gasteiger partial charge on any atom is -0.489 e. The third-order valence-corrected chi connectivity index (χ3v) is 5.29. The van der Waals surface area contributed by atoms with E-state index < -0.39 is 0 Å². The van der Waals surface area contributed by atoms with Crippen LogP contribution in [0.3, 0.4) is 0 Å². The zero-order valence-electron chi connectivity index (χ0n) is 21.1. The second-order valence-electron chi connectivity index (χ2n) is 8.19. The second kappa shape index (κ2) is 12.6. The Morgan fingerprint density at radius 1 is 0.886 bits per heavy atom. The van der Waals surface area contributed by atoms with E-state index in [2.05, 4.69) is 4.98 Å². The minimum atomic E-state index is -0.0690. The molecule has 0 bridgehead atoms. The number of rotatable bonds is 9. The summed E-state index contributed by atoms with van der Waals surface area (Å²) in [7, 11) is 0. The van der Waals surface area contributed by atoms with Gasteiger partial charge in [0.05, 0.1) is 0 Å². The third kappa shape index (κ3) is 6.82. The summed E-state index contributed by atoms with van der Waals surface area (Å²) in [6, 6.07) is 23.0. The number of benzene rings is 3. The zero-order valence-corrected chi connectivity index (χ0v) is 21.1. The number of oxazole rings is 1. The van der Waals surface area contributed by atoms with E-state index in [1.54, 1.807) is 6.26 Å². The molecule has 3 aromatic carbocycles. The van der Waals surface area contributed by atoms with Crippen molar-refractivity contribution >= 4 is 5.78 Å². The fourth-order valence-electron chi connectivity index (χ4n) is 3.55. The van der Waals surface area contributed by atoms with Crippen molar-refractivity contribution < 1.29 is 18.7 Å². The van der Waals surface area contributed by atoms with Crippen LogP contribution in [0.5, 0.6) is 11.5 Å². The number of aryl methyl sites for hydroxylation is 1. The Labute approximate surface area is 207 Å². The van der Waals surface area contributed by atoms with E-state index in [4.69, 9.17) is 13.9 Å². The van der Waals surface area contributed by atoms with Gasteiger partial charge in [0, 0.05) is 28.7 Å². The monoisotopic (exact) mass is 471 g/mol. The molecule has 182 valence electrons. The molecule has 0 spiro atoms. The molecule has 5 heteroatoms. The van der Waals surface area contributed by atoms with E-state index in [1.165, 1.54) is 0 Å². The maximum absolute atomic E-state index is 12.7. The summed E-state index contributed by atoms with van der Waals surface area (Å²) in [5, 5.41) is 0. The van der Waals surface area contributed by atoms with Gasteiger partial charge in [-0.25, -0.2) is 4.98 Å². The first-order chi connectivity index (χ1) is 17.0. The summed E-state index contributed by atoms with van der Waals surface area (Å²) in [4.78, 5) is 17.2. The molecule has 0 aliphatic heterocycles. The van der Waals surface area contributed by atoms with Gasteiger partial charge in [0.15, 0.2) is 5.78 Å². The van der Waals surface area contributed by atoms with Crippen LogP contribution in [0.25, 0.3) is 11.5 Å². The van der Waals surface area contributed by atoms with Crippen LogP contribution in [0, 0.1) is 12.8 Å². The van der Waals surface area contributed by atoms with Crippen LogP contribution in [0.15, 0.2) is 83.5 Å². The fraction of sp³-hybridized carbons (Fsp3) is 0.267. The van der Waals surface area contributed by atoms with Gasteiger partial charge in [-0.2, -0.15) is 0 Å². The van der Waals surface area contributed by atoms with Crippen LogP contribution in [0.1, 0.15) is 54.9 Å². The van der Waals surface area contributed by atoms with Crippen LogP contribution in [0.2, 0.25) is 0 Å². The lowest BCUT2D eigenvalue weighted by Gasteiger charge is -2.15. The first-order valence-corrected chi connectivity index (χ1v) is 12.0. The number of nitrogens with zero attached hydrogens (tertiary/aromatic N) is 1. The number of carbonyl (C=O) groups is 1. The molecule has 0 atom stereocenters. The topological polar surface area (TPSA) is 61.6 Å². The van der Waals surface area contributed by atoms with Crippen molar-refractivity contribution in [2.45, 2.75) is 47.8 Å². The molecule has 0 aliphatic rings. The summed E-state index contributed by atoms with van der Waals surface area (Å²) < 4.78 is 17.5. The summed E-state index contributed by atoms with van der Waals surface area (Å²) in [5.41, 5.74) is 4.23. The van der Waals surface area contributed by atoms with E-state index in [-0.39, 0.29) is 18.3 Å². The quantitative estimate of drug-likeness (QED) is 0.234. The highest BCUT2D eigenvalue weighted by Gasteiger charge is 2.17. The Kier molecular flexibility index (Phi) is 9.24. The highest BCUT2D eigenvalue weighted by atomic mass is 16.5. The Bertz CT molecular complexity index is 1230. The predicted octanol–water partition coefficient (Wildman–Crippen LogP) is 7.67. The van der Waals surface area contributed by atoms with Crippen LogP contribution < -0.4 is 9.47 Å². The minimum absolute atomic E-state index is 0.0690. The van der Waals surface area contributed by atoms with Crippen molar-refractivity contribution in [2.75, 3.05) is 0 Å². The molecule has 0 saturated heterocycles. The van der Waals surface area contributed by atoms with Gasteiger partial charge >= 0.3 is 0 Å². The second-order valence-corrected chi connectivity index (χ2v) is 8.19. The van der Waals surface area contributed by atoms with Crippen LogP contribution in [0.4, 0.5) is 0 Å². The van der Waals surface area contributed by atoms with Crippen LogP contribution in [-0.4, -0.2) is 10.8 Å². The zero-order chi connectivity index (χ0) is 25.2. The Hall–Kier alpha value is -3.86.